The lowest BCUT2D eigenvalue weighted by Gasteiger charge is -2.39. The standard InChI is InChI=1S/C12H23NO2/c1-13(10-6-4-8-12(10)15)9-5-2-3-7-11(9)14/h9-12,14-15H,2-8H2,1H3. The van der Waals surface area contributed by atoms with Crippen molar-refractivity contribution in [2.24, 2.45) is 0 Å². The van der Waals surface area contributed by atoms with Crippen LogP contribution in [0.25, 0.3) is 0 Å². The van der Waals surface area contributed by atoms with Crippen LogP contribution in [0.1, 0.15) is 44.9 Å². The van der Waals surface area contributed by atoms with Crippen molar-refractivity contribution >= 4 is 0 Å². The molecule has 0 aromatic rings. The van der Waals surface area contributed by atoms with Crippen molar-refractivity contribution in [3.63, 3.8) is 0 Å². The summed E-state index contributed by atoms with van der Waals surface area (Å²) >= 11 is 0. The highest BCUT2D eigenvalue weighted by molar-refractivity contribution is 4.90. The van der Waals surface area contributed by atoms with Gasteiger partial charge < -0.3 is 10.2 Å². The Morgan fingerprint density at radius 3 is 1.80 bits per heavy atom. The summed E-state index contributed by atoms with van der Waals surface area (Å²) in [4.78, 5) is 2.24. The third kappa shape index (κ3) is 2.35. The van der Waals surface area contributed by atoms with E-state index in [2.05, 4.69) is 11.9 Å². The van der Waals surface area contributed by atoms with Gasteiger partial charge in [-0.25, -0.2) is 0 Å². The van der Waals surface area contributed by atoms with Gasteiger partial charge in [0.2, 0.25) is 0 Å². The lowest BCUT2D eigenvalue weighted by molar-refractivity contribution is -0.0135. The highest BCUT2D eigenvalue weighted by atomic mass is 16.3. The third-order valence-electron chi connectivity index (χ3n) is 4.18. The molecule has 0 aromatic heterocycles. The van der Waals surface area contributed by atoms with E-state index in [0.717, 1.165) is 38.5 Å². The zero-order valence-electron chi connectivity index (χ0n) is 9.60. The van der Waals surface area contributed by atoms with Crippen LogP contribution in [0.2, 0.25) is 0 Å². The number of likely N-dealkylation sites (N-methyl/N-ethyl adjacent to an activating group) is 1. The van der Waals surface area contributed by atoms with Gasteiger partial charge in [-0.1, -0.05) is 12.8 Å². The van der Waals surface area contributed by atoms with E-state index in [-0.39, 0.29) is 24.3 Å². The molecule has 0 bridgehead atoms. The van der Waals surface area contributed by atoms with Crippen LogP contribution >= 0.6 is 0 Å². The molecule has 2 fully saturated rings. The van der Waals surface area contributed by atoms with E-state index >= 15 is 0 Å². The zero-order valence-corrected chi connectivity index (χ0v) is 9.60. The molecule has 2 N–H and O–H groups in total. The Kier molecular flexibility index (Phi) is 3.65. The minimum absolute atomic E-state index is 0.177. The van der Waals surface area contributed by atoms with E-state index < -0.39 is 0 Å². The maximum absolute atomic E-state index is 9.96. The molecule has 0 radical (unpaired) electrons. The molecule has 4 unspecified atom stereocenters. The maximum Gasteiger partial charge on any atom is 0.0695 e. The molecule has 2 aliphatic rings. The predicted octanol–water partition coefficient (Wildman–Crippen LogP) is 1.14. The van der Waals surface area contributed by atoms with Crippen molar-refractivity contribution in [3.05, 3.63) is 0 Å². The van der Waals surface area contributed by atoms with Crippen molar-refractivity contribution in [1.29, 1.82) is 0 Å². The third-order valence-corrected chi connectivity index (χ3v) is 4.18. The Morgan fingerprint density at radius 2 is 1.27 bits per heavy atom. The molecule has 15 heavy (non-hydrogen) atoms. The quantitative estimate of drug-likeness (QED) is 0.723. The summed E-state index contributed by atoms with van der Waals surface area (Å²) in [5.41, 5.74) is 0. The van der Waals surface area contributed by atoms with Crippen LogP contribution in [0, 0.1) is 0 Å². The molecule has 2 saturated carbocycles. The van der Waals surface area contributed by atoms with Gasteiger partial charge in [-0.2, -0.15) is 0 Å². The van der Waals surface area contributed by atoms with E-state index in [1.54, 1.807) is 0 Å². The van der Waals surface area contributed by atoms with Gasteiger partial charge in [0.05, 0.1) is 12.2 Å². The first kappa shape index (κ1) is 11.4. The smallest absolute Gasteiger partial charge is 0.0695 e. The number of rotatable bonds is 2. The van der Waals surface area contributed by atoms with Gasteiger partial charge >= 0.3 is 0 Å². The highest BCUT2D eigenvalue weighted by Gasteiger charge is 2.35. The average molecular weight is 213 g/mol. The molecule has 0 spiro atoms. The van der Waals surface area contributed by atoms with E-state index in [4.69, 9.17) is 0 Å². The number of hydrogen-bond donors (Lipinski definition) is 2. The van der Waals surface area contributed by atoms with Crippen molar-refractivity contribution in [2.75, 3.05) is 7.05 Å². The molecular weight excluding hydrogens is 190 g/mol. The Balaban J connectivity index is 1.96. The monoisotopic (exact) mass is 213 g/mol. The van der Waals surface area contributed by atoms with Crippen LogP contribution in [0.4, 0.5) is 0 Å². The minimum Gasteiger partial charge on any atom is -0.391 e. The minimum atomic E-state index is -0.184. The topological polar surface area (TPSA) is 43.7 Å². The van der Waals surface area contributed by atoms with E-state index in [9.17, 15) is 10.2 Å². The van der Waals surface area contributed by atoms with E-state index in [0.29, 0.717) is 0 Å². The van der Waals surface area contributed by atoms with Gasteiger partial charge in [-0.15, -0.1) is 0 Å². The molecule has 2 aliphatic carbocycles. The molecule has 2 rings (SSSR count). The Labute approximate surface area is 92.1 Å². The van der Waals surface area contributed by atoms with Crippen LogP contribution < -0.4 is 0 Å². The summed E-state index contributed by atoms with van der Waals surface area (Å²) in [6.07, 6.45) is 7.16. The summed E-state index contributed by atoms with van der Waals surface area (Å²) in [5.74, 6) is 0. The second-order valence-corrected chi connectivity index (χ2v) is 5.15. The number of aliphatic hydroxyl groups excluding tert-OH is 2. The molecule has 0 saturated heterocycles. The number of aliphatic hydroxyl groups is 2. The summed E-state index contributed by atoms with van der Waals surface area (Å²) in [7, 11) is 2.07. The molecule has 0 aromatic carbocycles. The first-order chi connectivity index (χ1) is 7.20. The molecule has 3 heteroatoms. The lowest BCUT2D eigenvalue weighted by Crippen LogP contribution is -2.50. The highest BCUT2D eigenvalue weighted by Crippen LogP contribution is 2.29. The van der Waals surface area contributed by atoms with Gasteiger partial charge in [0, 0.05) is 12.1 Å². The van der Waals surface area contributed by atoms with Crippen LogP contribution in [0.3, 0.4) is 0 Å². The van der Waals surface area contributed by atoms with Crippen LogP contribution in [-0.4, -0.2) is 46.5 Å². The molecular formula is C12H23NO2. The van der Waals surface area contributed by atoms with Crippen LogP contribution in [0.15, 0.2) is 0 Å². The SMILES string of the molecule is CN(C1CCCCC1O)C1CCCC1O. The van der Waals surface area contributed by atoms with E-state index in [1.165, 1.54) is 6.42 Å². The van der Waals surface area contributed by atoms with Crippen molar-refractivity contribution in [1.82, 2.24) is 4.90 Å². The molecule has 88 valence electrons. The van der Waals surface area contributed by atoms with Gasteiger partial charge in [-0.05, 0) is 39.2 Å². The fourth-order valence-corrected chi connectivity index (χ4v) is 3.21. The van der Waals surface area contributed by atoms with Gasteiger partial charge in [0.15, 0.2) is 0 Å². The molecule has 4 atom stereocenters. The fourth-order valence-electron chi connectivity index (χ4n) is 3.21. The zero-order chi connectivity index (χ0) is 10.8. The second-order valence-electron chi connectivity index (χ2n) is 5.15. The summed E-state index contributed by atoms with van der Waals surface area (Å²) in [5, 5.41) is 19.8. The second kappa shape index (κ2) is 4.81. The molecule has 0 aliphatic heterocycles. The fraction of sp³-hybridized carbons (Fsp3) is 1.00. The van der Waals surface area contributed by atoms with Gasteiger partial charge in [0.25, 0.3) is 0 Å². The maximum atomic E-state index is 9.96. The normalized spacial score (nSPS) is 42.4. The summed E-state index contributed by atoms with van der Waals surface area (Å²) < 4.78 is 0. The van der Waals surface area contributed by atoms with Crippen molar-refractivity contribution in [3.8, 4) is 0 Å². The Bertz CT molecular complexity index is 210. The van der Waals surface area contributed by atoms with Gasteiger partial charge in [-0.3, -0.25) is 4.90 Å². The largest absolute Gasteiger partial charge is 0.391 e. The molecule has 0 amide bonds. The molecule has 0 heterocycles. The first-order valence-corrected chi connectivity index (χ1v) is 6.28. The van der Waals surface area contributed by atoms with Crippen LogP contribution in [-0.2, 0) is 0 Å². The number of hydrogen-bond acceptors (Lipinski definition) is 3. The summed E-state index contributed by atoms with van der Waals surface area (Å²) in [6.45, 7) is 0. The molecule has 3 nitrogen and oxygen atoms in total. The van der Waals surface area contributed by atoms with Crippen molar-refractivity contribution < 1.29 is 10.2 Å². The Morgan fingerprint density at radius 1 is 0.800 bits per heavy atom. The number of nitrogens with zero attached hydrogens (tertiary/aromatic N) is 1. The average Bonchev–Trinajstić information content (AvgIpc) is 2.64. The Hall–Kier alpha value is -0.120. The lowest BCUT2D eigenvalue weighted by atomic mass is 9.90. The predicted molar refractivity (Wildman–Crippen MR) is 59.7 cm³/mol. The summed E-state index contributed by atoms with van der Waals surface area (Å²) in [6, 6.07) is 0.555. The van der Waals surface area contributed by atoms with Crippen molar-refractivity contribution in [2.45, 2.75) is 69.2 Å². The van der Waals surface area contributed by atoms with Gasteiger partial charge in [0.1, 0.15) is 0 Å². The first-order valence-electron chi connectivity index (χ1n) is 6.28. The van der Waals surface area contributed by atoms with E-state index in [1.807, 2.05) is 0 Å². The van der Waals surface area contributed by atoms with Crippen LogP contribution in [0.5, 0.6) is 0 Å².